The van der Waals surface area contributed by atoms with Crippen molar-refractivity contribution >= 4 is 29.1 Å². The monoisotopic (exact) mass is 552 g/mol. The van der Waals surface area contributed by atoms with Gasteiger partial charge in [0.25, 0.3) is 5.91 Å². The van der Waals surface area contributed by atoms with E-state index in [1.54, 1.807) is 4.68 Å². The third-order valence-corrected chi connectivity index (χ3v) is 6.87. The number of aromatic nitrogens is 5. The molecule has 0 saturated heterocycles. The van der Waals surface area contributed by atoms with Gasteiger partial charge in [0.05, 0.1) is 47.9 Å². The van der Waals surface area contributed by atoms with Gasteiger partial charge in [-0.1, -0.05) is 11.6 Å². The van der Waals surface area contributed by atoms with Crippen molar-refractivity contribution in [1.82, 2.24) is 30.0 Å². The zero-order chi connectivity index (χ0) is 27.2. The van der Waals surface area contributed by atoms with Crippen molar-refractivity contribution in [2.24, 2.45) is 0 Å². The molecular formula is C23H24ClF3N8O3. The maximum atomic E-state index is 13.7. The third kappa shape index (κ3) is 4.69. The van der Waals surface area contributed by atoms with E-state index >= 15 is 0 Å². The molecule has 1 amide bonds. The number of methoxy groups -OCH3 is 1. The maximum absolute atomic E-state index is 13.7. The van der Waals surface area contributed by atoms with Gasteiger partial charge in [0.1, 0.15) is 17.7 Å². The lowest BCUT2D eigenvalue weighted by molar-refractivity contribution is -0.140. The number of hydrogen-bond acceptors (Lipinski definition) is 9. The Kier molecular flexibility index (Phi) is 6.77. The maximum Gasteiger partial charge on any atom is 0.418 e. The van der Waals surface area contributed by atoms with Crippen LogP contribution in [-0.4, -0.2) is 51.3 Å². The molecule has 2 aliphatic rings. The first-order chi connectivity index (χ1) is 18.1. The average molecular weight is 553 g/mol. The van der Waals surface area contributed by atoms with Crippen molar-refractivity contribution in [1.29, 1.82) is 0 Å². The number of halogens is 4. The van der Waals surface area contributed by atoms with Gasteiger partial charge in [0.15, 0.2) is 5.69 Å². The first-order valence-electron chi connectivity index (χ1n) is 11.7. The van der Waals surface area contributed by atoms with E-state index in [0.717, 1.165) is 12.1 Å². The molecule has 5 rings (SSSR count). The number of anilines is 2. The highest BCUT2D eigenvalue weighted by atomic mass is 35.5. The second kappa shape index (κ2) is 9.91. The van der Waals surface area contributed by atoms with Crippen LogP contribution in [0.5, 0.6) is 6.01 Å². The Morgan fingerprint density at radius 3 is 2.76 bits per heavy atom. The lowest BCUT2D eigenvalue weighted by Crippen LogP contribution is -2.29. The number of alkyl halides is 3. The molecule has 0 aliphatic carbocycles. The summed E-state index contributed by atoms with van der Waals surface area (Å²) in [6.07, 6.45) is -4.97. The van der Waals surface area contributed by atoms with Gasteiger partial charge in [-0.3, -0.25) is 9.48 Å². The van der Waals surface area contributed by atoms with Crippen LogP contribution in [-0.2, 0) is 37.0 Å². The van der Waals surface area contributed by atoms with Crippen LogP contribution in [0.1, 0.15) is 51.2 Å². The smallest absolute Gasteiger partial charge is 0.418 e. The second-order valence-electron chi connectivity index (χ2n) is 8.82. The van der Waals surface area contributed by atoms with Crippen molar-refractivity contribution in [3.8, 4) is 6.01 Å². The molecule has 1 unspecified atom stereocenters. The van der Waals surface area contributed by atoms with E-state index < -0.39 is 23.8 Å². The van der Waals surface area contributed by atoms with Crippen LogP contribution < -0.4 is 20.7 Å². The first-order valence-corrected chi connectivity index (χ1v) is 12.1. The summed E-state index contributed by atoms with van der Waals surface area (Å²) < 4.78 is 54.0. The molecule has 3 aromatic heterocycles. The van der Waals surface area contributed by atoms with Gasteiger partial charge in [-0.2, -0.15) is 28.2 Å². The van der Waals surface area contributed by atoms with E-state index in [1.165, 1.54) is 14.2 Å². The molecule has 3 aromatic rings. The molecule has 5 heterocycles. The molecule has 2 aliphatic heterocycles. The van der Waals surface area contributed by atoms with E-state index in [2.05, 4.69) is 25.4 Å². The van der Waals surface area contributed by atoms with Gasteiger partial charge < -0.3 is 25.4 Å². The molecule has 202 valence electrons. The lowest BCUT2D eigenvalue weighted by Gasteiger charge is -2.30. The van der Waals surface area contributed by atoms with Crippen molar-refractivity contribution in [3.05, 3.63) is 51.1 Å². The van der Waals surface area contributed by atoms with E-state index in [-0.39, 0.29) is 47.8 Å². The number of fused-ring (bicyclic) bond motifs is 2. The number of aryl methyl sites for hydroxylation is 1. The zero-order valence-corrected chi connectivity index (χ0v) is 21.2. The number of hydrogen-bond donors (Lipinski definition) is 2. The minimum absolute atomic E-state index is 0.00803. The summed E-state index contributed by atoms with van der Waals surface area (Å²) in [6, 6.07) is 2.07. The summed E-state index contributed by atoms with van der Waals surface area (Å²) in [4.78, 5) is 27.1. The zero-order valence-electron chi connectivity index (χ0n) is 20.5. The normalized spacial score (nSPS) is 17.4. The molecule has 0 spiro atoms. The third-order valence-electron chi connectivity index (χ3n) is 6.47. The Hall–Kier alpha value is -3.65. The molecule has 0 bridgehead atoms. The lowest BCUT2D eigenvalue weighted by atomic mass is 9.99. The molecule has 15 heteroatoms. The van der Waals surface area contributed by atoms with Crippen LogP contribution in [0.3, 0.4) is 0 Å². The Bertz CT molecular complexity index is 1400. The fourth-order valence-corrected chi connectivity index (χ4v) is 4.94. The number of nitrogens with zero attached hydrogens (tertiary/aromatic N) is 6. The molecular weight excluding hydrogens is 529 g/mol. The quantitative estimate of drug-likeness (QED) is 0.501. The summed E-state index contributed by atoms with van der Waals surface area (Å²) in [7, 11) is 2.91. The fraction of sp³-hybridized carbons (Fsp3) is 0.435. The van der Waals surface area contributed by atoms with Gasteiger partial charge in [0.2, 0.25) is 0 Å². The number of ether oxygens (including phenoxy) is 2. The topological polar surface area (TPSA) is 133 Å². The summed E-state index contributed by atoms with van der Waals surface area (Å²) in [5.41, 5.74) is 6.37. The predicted octanol–water partition coefficient (Wildman–Crippen LogP) is 2.92. The minimum atomic E-state index is -4.63. The van der Waals surface area contributed by atoms with E-state index in [4.69, 9.17) is 26.8 Å². The summed E-state index contributed by atoms with van der Waals surface area (Å²) in [5.74, 6) is 0.0719. The average Bonchev–Trinajstić information content (AvgIpc) is 3.06. The molecule has 0 aromatic carbocycles. The minimum Gasteiger partial charge on any atom is -0.467 e. The number of carbonyl (C=O) groups excluding carboxylic acids is 1. The molecule has 0 radical (unpaired) electrons. The van der Waals surface area contributed by atoms with Crippen molar-refractivity contribution in [3.63, 3.8) is 0 Å². The number of rotatable bonds is 4. The number of nitrogens with two attached hydrogens (primary N) is 1. The highest BCUT2D eigenvalue weighted by molar-refractivity contribution is 6.34. The van der Waals surface area contributed by atoms with Crippen LogP contribution in [0.2, 0.25) is 5.02 Å². The summed E-state index contributed by atoms with van der Waals surface area (Å²) in [6.45, 7) is 1.33. The summed E-state index contributed by atoms with van der Waals surface area (Å²) in [5, 5.41) is 7.14. The summed E-state index contributed by atoms with van der Waals surface area (Å²) >= 11 is 6.53. The van der Waals surface area contributed by atoms with E-state index in [0.29, 0.717) is 42.3 Å². The van der Waals surface area contributed by atoms with E-state index in [9.17, 15) is 18.0 Å². The number of pyridine rings is 1. The Morgan fingerprint density at radius 2 is 2.05 bits per heavy atom. The molecule has 1 atom stereocenters. The molecule has 0 saturated carbocycles. The van der Waals surface area contributed by atoms with Gasteiger partial charge >= 0.3 is 12.2 Å². The van der Waals surface area contributed by atoms with Crippen molar-refractivity contribution < 1.29 is 27.4 Å². The number of nitrogen functional groups attached to an aromatic ring is 1. The largest absolute Gasteiger partial charge is 0.467 e. The number of amides is 1. The number of nitrogens with one attached hydrogen (secondary N) is 1. The van der Waals surface area contributed by atoms with Gasteiger partial charge in [-0.15, -0.1) is 0 Å². The highest BCUT2D eigenvalue weighted by Crippen LogP contribution is 2.40. The van der Waals surface area contributed by atoms with E-state index in [1.807, 2.05) is 4.90 Å². The van der Waals surface area contributed by atoms with Crippen LogP contribution in [0.4, 0.5) is 24.8 Å². The molecule has 38 heavy (non-hydrogen) atoms. The van der Waals surface area contributed by atoms with Crippen LogP contribution >= 0.6 is 11.6 Å². The molecule has 11 nitrogen and oxygen atoms in total. The van der Waals surface area contributed by atoms with Gasteiger partial charge in [0, 0.05) is 32.1 Å². The first kappa shape index (κ1) is 26.0. The van der Waals surface area contributed by atoms with Crippen molar-refractivity contribution in [2.45, 2.75) is 44.8 Å². The van der Waals surface area contributed by atoms with Crippen molar-refractivity contribution in [2.75, 3.05) is 31.3 Å². The molecule has 3 N–H and O–H groups in total. The van der Waals surface area contributed by atoms with Gasteiger partial charge in [-0.25, -0.2) is 4.98 Å². The Morgan fingerprint density at radius 1 is 1.26 bits per heavy atom. The standard InChI is InChI=1S/C23H24ClF3N8O3/c1-29-21(36)19-17(24)14-9-34(6-3-7-35(14)33-19)20-11-10-38-15(8-13(11)30-22(32-20)37-2)18-12(23(25,26)27)4-5-16(28)31-18/h4-5,15H,3,6-10H2,1-2H3,(H2,28,31)(H,29,36). The number of carbonyl (C=O) groups is 1. The van der Waals surface area contributed by atoms with Crippen LogP contribution in [0.15, 0.2) is 12.1 Å². The SMILES string of the molecule is CNC(=O)c1nn2c(c1Cl)CN(c1nc(OC)nc3c1COC(c1nc(N)ccc1C(F)(F)F)C3)CCC2. The second-order valence-corrected chi connectivity index (χ2v) is 9.19. The van der Waals surface area contributed by atoms with Crippen LogP contribution in [0.25, 0.3) is 0 Å². The molecule has 0 fully saturated rings. The van der Waals surface area contributed by atoms with Crippen LogP contribution in [0, 0.1) is 0 Å². The Labute approximate surface area is 220 Å². The highest BCUT2D eigenvalue weighted by Gasteiger charge is 2.39. The Balaban J connectivity index is 1.51. The van der Waals surface area contributed by atoms with Gasteiger partial charge in [-0.05, 0) is 18.6 Å². The predicted molar refractivity (Wildman–Crippen MR) is 130 cm³/mol. The fourth-order valence-electron chi connectivity index (χ4n) is 4.66.